The number of piperidine rings is 1. The van der Waals surface area contributed by atoms with E-state index in [4.69, 9.17) is 39.9 Å². The molecule has 0 radical (unpaired) electrons. The second kappa shape index (κ2) is 8.59. The fourth-order valence-corrected chi connectivity index (χ4v) is 5.65. The first kappa shape index (κ1) is 22.1. The quantitative estimate of drug-likeness (QED) is 0.527. The Balaban J connectivity index is 1.38. The molecule has 1 amide bonds. The second-order valence-electron chi connectivity index (χ2n) is 8.42. The van der Waals surface area contributed by atoms with Gasteiger partial charge in [0.05, 0.1) is 10.0 Å². The molecule has 1 saturated heterocycles. The lowest BCUT2D eigenvalue weighted by molar-refractivity contribution is 0.0967. The highest BCUT2D eigenvalue weighted by Gasteiger charge is 2.36. The third kappa shape index (κ3) is 3.96. The van der Waals surface area contributed by atoms with Crippen molar-refractivity contribution in [2.45, 2.75) is 25.8 Å². The number of fused-ring (bicyclic) bond motifs is 4. The molecular formula is C23H20Cl2N4O3S. The van der Waals surface area contributed by atoms with Gasteiger partial charge in [-0.05, 0) is 49.7 Å². The average molecular weight is 503 g/mol. The van der Waals surface area contributed by atoms with E-state index in [0.29, 0.717) is 46.1 Å². The first-order chi connectivity index (χ1) is 15.8. The van der Waals surface area contributed by atoms with E-state index < -0.39 is 5.91 Å². The lowest BCUT2D eigenvalue weighted by Gasteiger charge is -2.43. The van der Waals surface area contributed by atoms with E-state index in [2.05, 4.69) is 10.5 Å². The Morgan fingerprint density at radius 2 is 1.88 bits per heavy atom. The molecule has 1 fully saturated rings. The molecule has 2 aliphatic rings. The van der Waals surface area contributed by atoms with Crippen molar-refractivity contribution in [3.63, 3.8) is 0 Å². The number of hydrogen-bond acceptors (Lipinski definition) is 5. The molecule has 1 N–H and O–H groups in total. The van der Waals surface area contributed by atoms with E-state index in [1.807, 2.05) is 15.5 Å². The Hall–Kier alpha value is -2.68. The van der Waals surface area contributed by atoms with Gasteiger partial charge in [-0.1, -0.05) is 40.5 Å². The topological polar surface area (TPSA) is 80.4 Å². The molecule has 2 aliphatic heterocycles. The third-order valence-electron chi connectivity index (χ3n) is 6.28. The number of benzene rings is 1. The van der Waals surface area contributed by atoms with Gasteiger partial charge in [0.2, 0.25) is 0 Å². The first-order valence-electron chi connectivity index (χ1n) is 10.5. The predicted molar refractivity (Wildman–Crippen MR) is 130 cm³/mol. The molecule has 0 saturated carbocycles. The maximum atomic E-state index is 13.2. The molecule has 3 aromatic rings. The van der Waals surface area contributed by atoms with Gasteiger partial charge < -0.3 is 14.0 Å². The van der Waals surface area contributed by atoms with E-state index in [0.717, 1.165) is 12.1 Å². The largest absolute Gasteiger partial charge is 0.360 e. The normalized spacial score (nSPS) is 19.2. The number of thiocarbonyl (C=S) groups is 1. The number of amides is 1. The summed E-state index contributed by atoms with van der Waals surface area (Å²) in [4.78, 5) is 27.5. The van der Waals surface area contributed by atoms with Crippen molar-refractivity contribution in [2.24, 2.45) is 5.92 Å². The summed E-state index contributed by atoms with van der Waals surface area (Å²) in [5.41, 5.74) is 1.99. The molecule has 5 rings (SSSR count). The highest BCUT2D eigenvalue weighted by Crippen LogP contribution is 2.37. The van der Waals surface area contributed by atoms with Crippen LogP contribution >= 0.6 is 35.4 Å². The Labute approximate surface area is 205 Å². The number of aryl methyl sites for hydroxylation is 1. The van der Waals surface area contributed by atoms with Crippen molar-refractivity contribution in [3.8, 4) is 11.3 Å². The summed E-state index contributed by atoms with van der Waals surface area (Å²) in [5.74, 6) is 0.360. The molecule has 2 aromatic heterocycles. The van der Waals surface area contributed by atoms with Crippen LogP contribution in [0.15, 0.2) is 45.7 Å². The van der Waals surface area contributed by atoms with Gasteiger partial charge in [-0.15, -0.1) is 0 Å². The molecule has 170 valence electrons. The summed E-state index contributed by atoms with van der Waals surface area (Å²) in [5, 5.41) is 7.93. The Morgan fingerprint density at radius 1 is 1.15 bits per heavy atom. The fraction of sp³-hybridized carbons (Fsp3) is 0.304. The summed E-state index contributed by atoms with van der Waals surface area (Å²) in [6.07, 6.45) is 0.996. The van der Waals surface area contributed by atoms with E-state index >= 15 is 0 Å². The summed E-state index contributed by atoms with van der Waals surface area (Å²) < 4.78 is 7.16. The predicted octanol–water partition coefficient (Wildman–Crippen LogP) is 4.25. The molecule has 2 bridgehead atoms. The van der Waals surface area contributed by atoms with Crippen LogP contribution in [0, 0.1) is 12.8 Å². The summed E-state index contributed by atoms with van der Waals surface area (Å²) in [6.45, 7) is 3.60. The molecule has 2 atom stereocenters. The van der Waals surface area contributed by atoms with Gasteiger partial charge in [-0.3, -0.25) is 14.9 Å². The zero-order valence-corrected chi connectivity index (χ0v) is 20.0. The first-order valence-corrected chi connectivity index (χ1v) is 11.7. The van der Waals surface area contributed by atoms with Gasteiger partial charge in [-0.2, -0.15) is 0 Å². The summed E-state index contributed by atoms with van der Waals surface area (Å²) >= 11 is 18.3. The average Bonchev–Trinajstić information content (AvgIpc) is 3.15. The van der Waals surface area contributed by atoms with Crippen LogP contribution in [0.4, 0.5) is 0 Å². The van der Waals surface area contributed by atoms with Gasteiger partial charge in [-0.25, -0.2) is 0 Å². The lowest BCUT2D eigenvalue weighted by Crippen LogP contribution is -2.52. The van der Waals surface area contributed by atoms with Crippen molar-refractivity contribution < 1.29 is 9.32 Å². The molecular weight excluding hydrogens is 483 g/mol. The SMILES string of the molecule is Cc1onc(-c2c(Cl)cccc2Cl)c1C(=O)NC(=S)N1C[C@@H]2C[C@@H](C1)c1cccc(=O)n1C2. The van der Waals surface area contributed by atoms with Crippen molar-refractivity contribution in [2.75, 3.05) is 13.1 Å². The zero-order valence-electron chi connectivity index (χ0n) is 17.7. The van der Waals surface area contributed by atoms with E-state index in [1.165, 1.54) is 0 Å². The third-order valence-corrected chi connectivity index (χ3v) is 7.27. The highest BCUT2D eigenvalue weighted by atomic mass is 35.5. The Kier molecular flexibility index (Phi) is 5.76. The van der Waals surface area contributed by atoms with Crippen LogP contribution < -0.4 is 10.9 Å². The van der Waals surface area contributed by atoms with E-state index in [1.54, 1.807) is 37.3 Å². The van der Waals surface area contributed by atoms with Crippen LogP contribution in [0.1, 0.15) is 34.2 Å². The second-order valence-corrected chi connectivity index (χ2v) is 9.62. The maximum absolute atomic E-state index is 13.2. The van der Waals surface area contributed by atoms with Crippen molar-refractivity contribution >= 4 is 46.4 Å². The minimum atomic E-state index is -0.433. The number of hydrogen-bond donors (Lipinski definition) is 1. The van der Waals surface area contributed by atoms with Gasteiger partial charge in [0.15, 0.2) is 5.11 Å². The summed E-state index contributed by atoms with van der Waals surface area (Å²) in [6, 6.07) is 10.5. The molecule has 7 nitrogen and oxygen atoms in total. The highest BCUT2D eigenvalue weighted by molar-refractivity contribution is 7.80. The molecule has 0 aliphatic carbocycles. The maximum Gasteiger partial charge on any atom is 0.263 e. The van der Waals surface area contributed by atoms with E-state index in [9.17, 15) is 9.59 Å². The number of nitrogens with zero attached hydrogens (tertiary/aromatic N) is 3. The molecule has 10 heteroatoms. The van der Waals surface area contributed by atoms with Crippen LogP contribution in [0.25, 0.3) is 11.3 Å². The number of pyridine rings is 1. The minimum absolute atomic E-state index is 0.0280. The van der Waals surface area contributed by atoms with Gasteiger partial charge in [0.25, 0.3) is 11.5 Å². The van der Waals surface area contributed by atoms with Crippen LogP contribution in [0.3, 0.4) is 0 Å². The number of carbonyl (C=O) groups excluding carboxylic acids is 1. The number of likely N-dealkylation sites (tertiary alicyclic amines) is 1. The molecule has 1 aromatic carbocycles. The van der Waals surface area contributed by atoms with Crippen LogP contribution in [0.5, 0.6) is 0 Å². The Morgan fingerprint density at radius 3 is 2.64 bits per heavy atom. The molecule has 4 heterocycles. The van der Waals surface area contributed by atoms with Crippen molar-refractivity contribution in [3.05, 3.63) is 73.8 Å². The van der Waals surface area contributed by atoms with Gasteiger partial charge >= 0.3 is 0 Å². The molecule has 0 unspecified atom stereocenters. The number of rotatable bonds is 2. The standard InChI is InChI=1S/C23H20Cl2N4O3S/c1-12-19(21(27-32-12)20-15(24)4-2-5-16(20)25)22(31)26-23(33)28-9-13-8-14(11-28)17-6-3-7-18(30)29(17)10-13/h2-7,13-14H,8-11H2,1H3,(H,26,31,33)/t13-,14-/m0/s1. The number of halogens is 2. The fourth-order valence-electron chi connectivity index (χ4n) is 4.84. The smallest absolute Gasteiger partial charge is 0.263 e. The van der Waals surface area contributed by atoms with E-state index in [-0.39, 0.29) is 28.7 Å². The summed E-state index contributed by atoms with van der Waals surface area (Å²) in [7, 11) is 0. The number of aromatic nitrogens is 2. The minimum Gasteiger partial charge on any atom is -0.360 e. The van der Waals surface area contributed by atoms with Gasteiger partial charge in [0, 0.05) is 42.9 Å². The van der Waals surface area contributed by atoms with Crippen LogP contribution in [-0.2, 0) is 6.54 Å². The molecule has 0 spiro atoms. The Bertz CT molecular complexity index is 1320. The van der Waals surface area contributed by atoms with Crippen molar-refractivity contribution in [1.29, 1.82) is 0 Å². The number of carbonyl (C=O) groups is 1. The lowest BCUT2D eigenvalue weighted by atomic mass is 9.83. The van der Waals surface area contributed by atoms with Crippen LogP contribution in [-0.4, -0.2) is 38.7 Å². The number of nitrogens with one attached hydrogen (secondary N) is 1. The molecule has 33 heavy (non-hydrogen) atoms. The van der Waals surface area contributed by atoms with Crippen LogP contribution in [0.2, 0.25) is 10.0 Å². The van der Waals surface area contributed by atoms with Crippen molar-refractivity contribution in [1.82, 2.24) is 19.9 Å². The zero-order chi connectivity index (χ0) is 23.3. The monoisotopic (exact) mass is 502 g/mol. The van der Waals surface area contributed by atoms with Gasteiger partial charge in [0.1, 0.15) is 17.0 Å².